The molecule has 1 aliphatic rings. The summed E-state index contributed by atoms with van der Waals surface area (Å²) in [7, 11) is 0. The molecule has 0 saturated carbocycles. The maximum atomic E-state index is 11.5. The van der Waals surface area contributed by atoms with Crippen molar-refractivity contribution < 1.29 is 14.6 Å². The number of aromatic nitrogens is 2. The largest absolute Gasteiger partial charge is 0.479 e. The minimum atomic E-state index is -0.917. The Labute approximate surface area is 213 Å². The standard InChI is InChI=1S/C25H29Cl2N3O3S/c1-2-3-7-19(25(31)32)33-12-11-21-29-23(28-14-15-9-10-17(26)18(27)13-15)22-16-6-4-5-8-20(16)34-24(22)30-21/h9-10,13,19H,2-8,11-12,14H2,1H3,(H,31,32)(H,28,29,30). The number of halogens is 2. The number of rotatable bonds is 11. The lowest BCUT2D eigenvalue weighted by atomic mass is 9.97. The second-order valence-corrected chi connectivity index (χ2v) is 10.5. The van der Waals surface area contributed by atoms with Gasteiger partial charge in [0.1, 0.15) is 16.5 Å². The predicted molar refractivity (Wildman–Crippen MR) is 138 cm³/mol. The average molecular weight is 522 g/mol. The summed E-state index contributed by atoms with van der Waals surface area (Å²) in [5.41, 5.74) is 2.37. The van der Waals surface area contributed by atoms with Crippen molar-refractivity contribution in [3.8, 4) is 0 Å². The Hall–Kier alpha value is -1.93. The van der Waals surface area contributed by atoms with E-state index in [1.54, 1.807) is 17.4 Å². The van der Waals surface area contributed by atoms with Gasteiger partial charge >= 0.3 is 5.97 Å². The van der Waals surface area contributed by atoms with E-state index in [2.05, 4.69) is 5.32 Å². The first-order valence-corrected chi connectivity index (χ1v) is 13.4. The Bertz CT molecular complexity index is 1170. The zero-order valence-electron chi connectivity index (χ0n) is 19.2. The quantitative estimate of drug-likeness (QED) is 0.292. The first-order valence-electron chi connectivity index (χ1n) is 11.8. The molecule has 2 N–H and O–H groups in total. The number of fused-ring (bicyclic) bond motifs is 3. The lowest BCUT2D eigenvalue weighted by Crippen LogP contribution is -2.25. The molecule has 2 heterocycles. The zero-order valence-corrected chi connectivity index (χ0v) is 21.5. The van der Waals surface area contributed by atoms with Crippen LogP contribution < -0.4 is 5.32 Å². The van der Waals surface area contributed by atoms with Gasteiger partial charge in [-0.2, -0.15) is 0 Å². The van der Waals surface area contributed by atoms with Crippen LogP contribution in [-0.4, -0.2) is 33.8 Å². The van der Waals surface area contributed by atoms with Crippen LogP contribution in [0.4, 0.5) is 5.82 Å². The fourth-order valence-corrected chi connectivity index (χ4v) is 5.84. The number of hydrogen-bond acceptors (Lipinski definition) is 6. The first kappa shape index (κ1) is 25.2. The average Bonchev–Trinajstić information content (AvgIpc) is 3.20. The SMILES string of the molecule is CCCCC(OCCc1nc(NCc2ccc(Cl)c(Cl)c2)c2c3c(sc2n1)CCCC3)C(=O)O. The number of thiophene rings is 1. The lowest BCUT2D eigenvalue weighted by Gasteiger charge is -2.15. The molecule has 0 radical (unpaired) electrons. The van der Waals surface area contributed by atoms with E-state index in [0.717, 1.165) is 47.3 Å². The third kappa shape index (κ3) is 6.00. The topological polar surface area (TPSA) is 84.3 Å². The van der Waals surface area contributed by atoms with E-state index >= 15 is 0 Å². The van der Waals surface area contributed by atoms with Gasteiger partial charge < -0.3 is 15.2 Å². The van der Waals surface area contributed by atoms with Gasteiger partial charge in [-0.1, -0.05) is 49.0 Å². The van der Waals surface area contributed by atoms with E-state index in [9.17, 15) is 9.90 Å². The van der Waals surface area contributed by atoms with Gasteiger partial charge in [0.2, 0.25) is 0 Å². The number of ether oxygens (including phenoxy) is 1. The summed E-state index contributed by atoms with van der Waals surface area (Å²) in [6, 6.07) is 5.60. The van der Waals surface area contributed by atoms with Crippen molar-refractivity contribution in [3.05, 3.63) is 50.1 Å². The highest BCUT2D eigenvalue weighted by molar-refractivity contribution is 7.19. The minimum absolute atomic E-state index is 0.267. The van der Waals surface area contributed by atoms with Gasteiger partial charge in [0.25, 0.3) is 0 Å². The van der Waals surface area contributed by atoms with Crippen molar-refractivity contribution in [2.75, 3.05) is 11.9 Å². The third-order valence-corrected chi connectivity index (χ3v) is 7.97. The van der Waals surface area contributed by atoms with E-state index in [-0.39, 0.29) is 6.61 Å². The van der Waals surface area contributed by atoms with Crippen molar-refractivity contribution >= 4 is 56.5 Å². The second kappa shape index (κ2) is 11.7. The number of carbonyl (C=O) groups is 1. The molecule has 0 bridgehead atoms. The summed E-state index contributed by atoms with van der Waals surface area (Å²) in [4.78, 5) is 23.5. The molecule has 182 valence electrons. The predicted octanol–water partition coefficient (Wildman–Crippen LogP) is 6.69. The van der Waals surface area contributed by atoms with Crippen molar-refractivity contribution in [2.45, 2.75) is 70.9 Å². The molecule has 34 heavy (non-hydrogen) atoms. The number of carboxylic acids is 1. The number of nitrogens with zero attached hydrogens (tertiary/aromatic N) is 2. The van der Waals surface area contributed by atoms with Crippen LogP contribution in [0.1, 0.15) is 60.9 Å². The van der Waals surface area contributed by atoms with Gasteiger partial charge in [-0.25, -0.2) is 14.8 Å². The van der Waals surface area contributed by atoms with Crippen LogP contribution in [0.2, 0.25) is 10.0 Å². The Morgan fingerprint density at radius 2 is 2.06 bits per heavy atom. The third-order valence-electron chi connectivity index (χ3n) is 6.04. The molecule has 0 amide bonds. The van der Waals surface area contributed by atoms with Crippen LogP contribution >= 0.6 is 34.5 Å². The smallest absolute Gasteiger partial charge is 0.332 e. The zero-order chi connectivity index (χ0) is 24.1. The normalized spacial score (nSPS) is 14.2. The number of nitrogens with one attached hydrogen (secondary N) is 1. The molecule has 4 rings (SSSR count). The molecule has 1 aliphatic carbocycles. The molecule has 0 spiro atoms. The van der Waals surface area contributed by atoms with Crippen molar-refractivity contribution in [1.29, 1.82) is 0 Å². The van der Waals surface area contributed by atoms with E-state index in [4.69, 9.17) is 37.9 Å². The summed E-state index contributed by atoms with van der Waals surface area (Å²) in [6.45, 7) is 2.86. The fourth-order valence-electron chi connectivity index (χ4n) is 4.24. The van der Waals surface area contributed by atoms with Crippen LogP contribution in [0.15, 0.2) is 18.2 Å². The van der Waals surface area contributed by atoms with Crippen molar-refractivity contribution in [1.82, 2.24) is 9.97 Å². The van der Waals surface area contributed by atoms with Crippen LogP contribution in [0.25, 0.3) is 10.2 Å². The van der Waals surface area contributed by atoms with Gasteiger partial charge in [-0.3, -0.25) is 0 Å². The minimum Gasteiger partial charge on any atom is -0.479 e. The Kier molecular flexibility index (Phi) is 8.64. The molecule has 1 aromatic carbocycles. The van der Waals surface area contributed by atoms with Crippen molar-refractivity contribution in [3.63, 3.8) is 0 Å². The molecule has 0 aliphatic heterocycles. The number of hydrogen-bond donors (Lipinski definition) is 2. The number of benzene rings is 1. The van der Waals surface area contributed by atoms with Crippen LogP contribution in [0.3, 0.4) is 0 Å². The highest BCUT2D eigenvalue weighted by atomic mass is 35.5. The first-order chi connectivity index (χ1) is 16.5. The molecule has 0 saturated heterocycles. The molecule has 1 atom stereocenters. The molecule has 2 aromatic heterocycles. The summed E-state index contributed by atoms with van der Waals surface area (Å²) in [6.07, 6.45) is 6.44. The van der Waals surface area contributed by atoms with Crippen LogP contribution in [0, 0.1) is 0 Å². The summed E-state index contributed by atoms with van der Waals surface area (Å²) in [5, 5.41) is 15.1. The van der Waals surface area contributed by atoms with E-state index in [1.807, 2.05) is 19.1 Å². The Morgan fingerprint density at radius 3 is 2.82 bits per heavy atom. The van der Waals surface area contributed by atoms with E-state index in [1.165, 1.54) is 23.3 Å². The molecule has 9 heteroatoms. The van der Waals surface area contributed by atoms with Crippen LogP contribution in [0.5, 0.6) is 0 Å². The number of carboxylic acid groups (broad SMARTS) is 1. The molecule has 0 fully saturated rings. The number of anilines is 1. The summed E-state index contributed by atoms with van der Waals surface area (Å²) >= 11 is 14.0. The number of aliphatic carboxylic acids is 1. The maximum Gasteiger partial charge on any atom is 0.332 e. The molecule has 6 nitrogen and oxygen atoms in total. The Balaban J connectivity index is 1.55. The molecular formula is C25H29Cl2N3O3S. The van der Waals surface area contributed by atoms with Gasteiger partial charge in [-0.05, 0) is 55.4 Å². The summed E-state index contributed by atoms with van der Waals surface area (Å²) < 4.78 is 5.67. The monoisotopic (exact) mass is 521 g/mol. The van der Waals surface area contributed by atoms with Gasteiger partial charge in [0, 0.05) is 17.8 Å². The van der Waals surface area contributed by atoms with Gasteiger partial charge in [0.15, 0.2) is 6.10 Å². The lowest BCUT2D eigenvalue weighted by molar-refractivity contribution is -0.150. The highest BCUT2D eigenvalue weighted by Crippen LogP contribution is 2.39. The Morgan fingerprint density at radius 1 is 1.24 bits per heavy atom. The van der Waals surface area contributed by atoms with E-state index < -0.39 is 12.1 Å². The molecule has 1 unspecified atom stereocenters. The second-order valence-electron chi connectivity index (χ2n) is 8.57. The molecular weight excluding hydrogens is 493 g/mol. The molecule has 3 aromatic rings. The van der Waals surface area contributed by atoms with Crippen LogP contribution in [-0.2, 0) is 35.3 Å². The van der Waals surface area contributed by atoms with Gasteiger partial charge in [-0.15, -0.1) is 11.3 Å². The van der Waals surface area contributed by atoms with Gasteiger partial charge in [0.05, 0.1) is 22.0 Å². The van der Waals surface area contributed by atoms with E-state index in [0.29, 0.717) is 35.3 Å². The highest BCUT2D eigenvalue weighted by Gasteiger charge is 2.22. The number of aryl methyl sites for hydroxylation is 2. The maximum absolute atomic E-state index is 11.5. The fraction of sp³-hybridized carbons (Fsp3) is 0.480. The van der Waals surface area contributed by atoms with Crippen molar-refractivity contribution in [2.24, 2.45) is 0 Å². The number of unbranched alkanes of at least 4 members (excludes halogenated alkanes) is 1. The summed E-state index contributed by atoms with van der Waals surface area (Å²) in [5.74, 6) is 0.549.